The Morgan fingerprint density at radius 3 is 2.06 bits per heavy atom. The van der Waals surface area contributed by atoms with Crippen LogP contribution < -0.4 is 0 Å². The summed E-state index contributed by atoms with van der Waals surface area (Å²) >= 11 is 0. The third-order valence-electron chi connectivity index (χ3n) is 2.00. The quantitative estimate of drug-likeness (QED) is 0.474. The minimum absolute atomic E-state index is 0.0582. The van der Waals surface area contributed by atoms with Crippen LogP contribution in [-0.4, -0.2) is 45.4 Å². The predicted molar refractivity (Wildman–Crippen MR) is 56.5 cm³/mol. The van der Waals surface area contributed by atoms with E-state index in [-0.39, 0.29) is 5.56 Å². The zero-order valence-corrected chi connectivity index (χ0v) is 9.02. The molecule has 0 bridgehead atoms. The summed E-state index contributed by atoms with van der Waals surface area (Å²) in [6, 6.07) is 7.44. The van der Waals surface area contributed by atoms with Crippen LogP contribution in [-0.2, 0) is 14.3 Å². The molecule has 0 amide bonds. The molecule has 0 aliphatic rings. The number of aliphatic carboxylic acids is 1. The lowest BCUT2D eigenvalue weighted by atomic mass is 10.2. The second kappa shape index (κ2) is 5.89. The predicted octanol–water partition coefficient (Wildman–Crippen LogP) is -0.824. The Hall–Kier alpha value is -2.25. The van der Waals surface area contributed by atoms with Crippen molar-refractivity contribution in [3.63, 3.8) is 0 Å². The average molecular weight is 254 g/mol. The van der Waals surface area contributed by atoms with Gasteiger partial charge in [-0.1, -0.05) is 18.2 Å². The van der Waals surface area contributed by atoms with Crippen LogP contribution in [0.4, 0.5) is 0 Å². The molecule has 1 rings (SSSR count). The molecule has 1 aromatic carbocycles. The summed E-state index contributed by atoms with van der Waals surface area (Å²) in [5, 5.41) is 26.3. The second-order valence-electron chi connectivity index (χ2n) is 3.30. The highest BCUT2D eigenvalue weighted by Crippen LogP contribution is 2.04. The van der Waals surface area contributed by atoms with Crippen molar-refractivity contribution in [2.45, 2.75) is 12.2 Å². The minimum atomic E-state index is -2.35. The molecule has 7 heteroatoms. The third-order valence-corrected chi connectivity index (χ3v) is 2.00. The van der Waals surface area contributed by atoms with Crippen LogP contribution in [0.25, 0.3) is 0 Å². The van der Waals surface area contributed by atoms with E-state index >= 15 is 0 Å². The number of aliphatic hydroxyl groups excluding tert-OH is 2. The van der Waals surface area contributed by atoms with Crippen molar-refractivity contribution in [3.05, 3.63) is 35.9 Å². The molecule has 0 saturated heterocycles. The lowest BCUT2D eigenvalue weighted by Gasteiger charge is -2.11. The molecule has 0 heterocycles. The monoisotopic (exact) mass is 254 g/mol. The van der Waals surface area contributed by atoms with E-state index in [9.17, 15) is 14.4 Å². The molecular formula is C11H10O7. The number of hydrogen-bond acceptors (Lipinski definition) is 6. The fraction of sp³-hybridized carbons (Fsp3) is 0.182. The van der Waals surface area contributed by atoms with E-state index in [1.807, 2.05) is 0 Å². The lowest BCUT2D eigenvalue weighted by Crippen LogP contribution is -2.41. The van der Waals surface area contributed by atoms with Gasteiger partial charge in [0.1, 0.15) is 0 Å². The number of carboxylic acid groups (broad SMARTS) is 1. The molecule has 7 nitrogen and oxygen atoms in total. The summed E-state index contributed by atoms with van der Waals surface area (Å²) < 4.78 is 4.22. The second-order valence-corrected chi connectivity index (χ2v) is 3.30. The van der Waals surface area contributed by atoms with Crippen LogP contribution in [0.15, 0.2) is 30.3 Å². The van der Waals surface area contributed by atoms with Gasteiger partial charge in [-0.3, -0.25) is 0 Å². The number of esters is 2. The number of ether oxygens (including phenoxy) is 1. The lowest BCUT2D eigenvalue weighted by molar-refractivity contribution is -0.166. The van der Waals surface area contributed by atoms with Gasteiger partial charge >= 0.3 is 17.9 Å². The van der Waals surface area contributed by atoms with E-state index in [4.69, 9.17) is 15.3 Å². The molecule has 1 aromatic rings. The SMILES string of the molecule is O=C(OC(=O)[C@@H](O)[C@H](O)C(=O)O)c1ccccc1. The summed E-state index contributed by atoms with van der Waals surface area (Å²) in [7, 11) is 0. The Labute approximate surface area is 101 Å². The van der Waals surface area contributed by atoms with Crippen molar-refractivity contribution in [2.24, 2.45) is 0 Å². The van der Waals surface area contributed by atoms with Crippen LogP contribution in [0.2, 0.25) is 0 Å². The van der Waals surface area contributed by atoms with Crippen molar-refractivity contribution in [2.75, 3.05) is 0 Å². The average Bonchev–Trinajstić information content (AvgIpc) is 2.37. The molecule has 0 radical (unpaired) electrons. The highest BCUT2D eigenvalue weighted by molar-refractivity contribution is 5.98. The number of hydrogen-bond donors (Lipinski definition) is 3. The molecule has 3 N–H and O–H groups in total. The van der Waals surface area contributed by atoms with Gasteiger partial charge in [-0.25, -0.2) is 14.4 Å². The Balaban J connectivity index is 2.66. The number of aliphatic hydroxyl groups is 2. The molecule has 2 atom stereocenters. The number of rotatable bonds is 4. The molecule has 0 fully saturated rings. The topological polar surface area (TPSA) is 121 Å². The van der Waals surface area contributed by atoms with Crippen molar-refractivity contribution in [3.8, 4) is 0 Å². The van der Waals surface area contributed by atoms with Gasteiger partial charge in [-0.2, -0.15) is 0 Å². The maximum Gasteiger partial charge on any atom is 0.346 e. The van der Waals surface area contributed by atoms with E-state index in [0.717, 1.165) is 0 Å². The van der Waals surface area contributed by atoms with Crippen LogP contribution in [0.1, 0.15) is 10.4 Å². The number of carbonyl (C=O) groups is 3. The van der Waals surface area contributed by atoms with Crippen LogP contribution in [0.3, 0.4) is 0 Å². The number of benzene rings is 1. The molecule has 0 aliphatic heterocycles. The van der Waals surface area contributed by atoms with Gasteiger partial charge in [0.25, 0.3) is 0 Å². The smallest absolute Gasteiger partial charge is 0.346 e. The van der Waals surface area contributed by atoms with Crippen LogP contribution in [0.5, 0.6) is 0 Å². The first-order valence-corrected chi connectivity index (χ1v) is 4.83. The maximum absolute atomic E-state index is 11.4. The summed E-state index contributed by atoms with van der Waals surface area (Å²) in [6.07, 6.45) is -4.67. The van der Waals surface area contributed by atoms with E-state index in [2.05, 4.69) is 4.74 Å². The van der Waals surface area contributed by atoms with Crippen LogP contribution in [0, 0.1) is 0 Å². The minimum Gasteiger partial charge on any atom is -0.479 e. The Morgan fingerprint density at radius 1 is 1.00 bits per heavy atom. The number of carbonyl (C=O) groups excluding carboxylic acids is 2. The standard InChI is InChI=1S/C11H10O7/c12-7(9(14)15)8(13)11(17)18-10(16)6-4-2-1-3-5-6/h1-5,7-8,12-13H,(H,14,15)/t7-,8-/m0/s1. The molecule has 96 valence electrons. The van der Waals surface area contributed by atoms with Gasteiger partial charge in [-0.15, -0.1) is 0 Å². The third kappa shape index (κ3) is 3.37. The zero-order valence-electron chi connectivity index (χ0n) is 9.02. The first kappa shape index (κ1) is 13.8. The normalized spacial score (nSPS) is 13.4. The van der Waals surface area contributed by atoms with E-state index in [1.165, 1.54) is 24.3 Å². The van der Waals surface area contributed by atoms with E-state index in [0.29, 0.717) is 0 Å². The first-order chi connectivity index (χ1) is 8.43. The Morgan fingerprint density at radius 2 is 1.56 bits per heavy atom. The molecule has 0 saturated carbocycles. The highest BCUT2D eigenvalue weighted by atomic mass is 16.6. The summed E-state index contributed by atoms with van der Waals surface area (Å²) in [5.41, 5.74) is 0.0582. The Kier molecular flexibility index (Phi) is 4.52. The van der Waals surface area contributed by atoms with Crippen molar-refractivity contribution in [1.29, 1.82) is 0 Å². The molecule has 0 aliphatic carbocycles. The van der Waals surface area contributed by atoms with Crippen molar-refractivity contribution < 1.29 is 34.4 Å². The van der Waals surface area contributed by atoms with Gasteiger partial charge in [-0.05, 0) is 12.1 Å². The van der Waals surface area contributed by atoms with Crippen molar-refractivity contribution >= 4 is 17.9 Å². The summed E-state index contributed by atoms with van der Waals surface area (Å²) in [4.78, 5) is 32.8. The molecule has 18 heavy (non-hydrogen) atoms. The number of carboxylic acids is 1. The fourth-order valence-electron chi connectivity index (χ4n) is 1.05. The fourth-order valence-corrected chi connectivity index (χ4v) is 1.05. The van der Waals surface area contributed by atoms with Gasteiger partial charge in [0.05, 0.1) is 5.56 Å². The van der Waals surface area contributed by atoms with Gasteiger partial charge in [0.15, 0.2) is 12.2 Å². The summed E-state index contributed by atoms with van der Waals surface area (Å²) in [5.74, 6) is -4.37. The van der Waals surface area contributed by atoms with Gasteiger partial charge in [0.2, 0.25) is 0 Å². The summed E-state index contributed by atoms with van der Waals surface area (Å²) in [6.45, 7) is 0. The highest BCUT2D eigenvalue weighted by Gasteiger charge is 2.32. The molecule has 0 unspecified atom stereocenters. The van der Waals surface area contributed by atoms with E-state index in [1.54, 1.807) is 6.07 Å². The molecule has 0 aromatic heterocycles. The van der Waals surface area contributed by atoms with Crippen LogP contribution >= 0.6 is 0 Å². The van der Waals surface area contributed by atoms with Crippen molar-refractivity contribution in [1.82, 2.24) is 0 Å². The molecular weight excluding hydrogens is 244 g/mol. The van der Waals surface area contributed by atoms with Gasteiger partial charge < -0.3 is 20.1 Å². The maximum atomic E-state index is 11.4. The van der Waals surface area contributed by atoms with E-state index < -0.39 is 30.1 Å². The molecule has 0 spiro atoms. The Bertz CT molecular complexity index is 454. The first-order valence-electron chi connectivity index (χ1n) is 4.83. The van der Waals surface area contributed by atoms with Gasteiger partial charge in [0, 0.05) is 0 Å². The largest absolute Gasteiger partial charge is 0.479 e. The zero-order chi connectivity index (χ0) is 13.7.